The molecule has 0 heterocycles. The predicted octanol–water partition coefficient (Wildman–Crippen LogP) is -0.177. The number of aliphatic hydroxyl groups is 2. The molecule has 0 radical (unpaired) electrons. The van der Waals surface area contributed by atoms with Crippen LogP contribution < -0.4 is 0 Å². The number of hydrogen-bond acceptors (Lipinski definition) is 2. The molecule has 0 aromatic heterocycles. The molecule has 44 valence electrons. The van der Waals surface area contributed by atoms with Crippen molar-refractivity contribution in [1.82, 2.24) is 0 Å². The van der Waals surface area contributed by atoms with Gasteiger partial charge in [-0.05, 0) is 12.2 Å². The average Bonchev–Trinajstić information content (AvgIpc) is 1.77. The molecule has 0 saturated carbocycles. The summed E-state index contributed by atoms with van der Waals surface area (Å²) in [5, 5.41) is 17.6. The number of rotatable bonds is 0. The van der Waals surface area contributed by atoms with Crippen LogP contribution in [0.2, 0.25) is 0 Å². The van der Waals surface area contributed by atoms with E-state index in [0.717, 1.165) is 0 Å². The summed E-state index contributed by atoms with van der Waals surface area (Å²) < 4.78 is 0. The molecule has 1 aliphatic carbocycles. The monoisotopic (exact) mass is 112 g/mol. The zero-order chi connectivity index (χ0) is 5.98. The summed E-state index contributed by atoms with van der Waals surface area (Å²) in [6.45, 7) is 0. The molecule has 2 N–H and O–H groups in total. The molecule has 2 heteroatoms. The van der Waals surface area contributed by atoms with E-state index in [9.17, 15) is 0 Å². The maximum absolute atomic E-state index is 8.83. The molecule has 0 aromatic carbocycles. The van der Waals surface area contributed by atoms with Crippen molar-refractivity contribution in [2.75, 3.05) is 0 Å². The van der Waals surface area contributed by atoms with E-state index in [2.05, 4.69) is 5.73 Å². The van der Waals surface area contributed by atoms with Crippen molar-refractivity contribution >= 4 is 0 Å². The lowest BCUT2D eigenvalue weighted by molar-refractivity contribution is 0.0491. The maximum atomic E-state index is 8.83. The van der Waals surface area contributed by atoms with Gasteiger partial charge in [-0.3, -0.25) is 0 Å². The van der Waals surface area contributed by atoms with Crippen LogP contribution in [0.25, 0.3) is 0 Å². The standard InChI is InChI=1S/C6H8O2/c7-5-3-1-2-4-6(5)8/h1,4-8H,3H2/t5-,6+/m0/s1. The molecule has 2 nitrogen and oxygen atoms in total. The van der Waals surface area contributed by atoms with Gasteiger partial charge in [0.25, 0.3) is 0 Å². The highest BCUT2D eigenvalue weighted by molar-refractivity contribution is 5.00. The first-order chi connectivity index (χ1) is 3.80. The second-order valence-electron chi connectivity index (χ2n) is 1.83. The van der Waals surface area contributed by atoms with Crippen LogP contribution in [0.15, 0.2) is 17.9 Å². The largest absolute Gasteiger partial charge is 0.390 e. The molecule has 0 amide bonds. The Morgan fingerprint density at radius 2 is 2.25 bits per heavy atom. The van der Waals surface area contributed by atoms with Crippen molar-refractivity contribution in [2.24, 2.45) is 0 Å². The second-order valence-corrected chi connectivity index (χ2v) is 1.83. The van der Waals surface area contributed by atoms with E-state index in [1.165, 1.54) is 6.08 Å². The van der Waals surface area contributed by atoms with Gasteiger partial charge in [0.15, 0.2) is 0 Å². The zero-order valence-corrected chi connectivity index (χ0v) is 4.41. The summed E-state index contributed by atoms with van der Waals surface area (Å²) in [5.41, 5.74) is 2.70. The van der Waals surface area contributed by atoms with Crippen LogP contribution in [0.4, 0.5) is 0 Å². The Morgan fingerprint density at radius 1 is 1.50 bits per heavy atom. The molecule has 0 fully saturated rings. The van der Waals surface area contributed by atoms with Crippen LogP contribution in [0.3, 0.4) is 0 Å². The van der Waals surface area contributed by atoms with Gasteiger partial charge in [0.1, 0.15) is 6.10 Å². The van der Waals surface area contributed by atoms with Gasteiger partial charge in [-0.1, -0.05) is 0 Å². The van der Waals surface area contributed by atoms with Crippen LogP contribution in [0.5, 0.6) is 0 Å². The van der Waals surface area contributed by atoms with E-state index in [1.807, 2.05) is 0 Å². The smallest absolute Gasteiger partial charge is 0.106 e. The quantitative estimate of drug-likeness (QED) is 0.427. The molecule has 0 saturated heterocycles. The molecular weight excluding hydrogens is 104 g/mol. The minimum Gasteiger partial charge on any atom is -0.390 e. The molecule has 0 bridgehead atoms. The Kier molecular flexibility index (Phi) is 1.49. The summed E-state index contributed by atoms with van der Waals surface area (Å²) in [5.74, 6) is 0. The Balaban J connectivity index is 2.62. The Labute approximate surface area is 47.8 Å². The van der Waals surface area contributed by atoms with Crippen LogP contribution in [0, 0.1) is 0 Å². The van der Waals surface area contributed by atoms with Gasteiger partial charge in [-0.2, -0.15) is 0 Å². The molecule has 8 heavy (non-hydrogen) atoms. The zero-order valence-electron chi connectivity index (χ0n) is 4.41. The SMILES string of the molecule is O[C@@H]1C=C=CC[C@@H]1O. The lowest BCUT2D eigenvalue weighted by Gasteiger charge is -2.12. The van der Waals surface area contributed by atoms with Crippen molar-refractivity contribution in [2.45, 2.75) is 18.6 Å². The normalized spacial score (nSPS) is 35.8. The van der Waals surface area contributed by atoms with Crippen molar-refractivity contribution in [3.63, 3.8) is 0 Å². The topological polar surface area (TPSA) is 40.5 Å². The molecule has 0 aliphatic heterocycles. The van der Waals surface area contributed by atoms with E-state index in [4.69, 9.17) is 10.2 Å². The summed E-state index contributed by atoms with van der Waals surface area (Å²) in [7, 11) is 0. The fraction of sp³-hybridized carbons (Fsp3) is 0.500. The van der Waals surface area contributed by atoms with Crippen LogP contribution >= 0.6 is 0 Å². The van der Waals surface area contributed by atoms with E-state index >= 15 is 0 Å². The summed E-state index contributed by atoms with van der Waals surface area (Å²) in [6, 6.07) is 0. The highest BCUT2D eigenvalue weighted by Crippen LogP contribution is 2.04. The third-order valence-electron chi connectivity index (χ3n) is 1.14. The Bertz CT molecular complexity index is 133. The van der Waals surface area contributed by atoms with Gasteiger partial charge >= 0.3 is 0 Å². The minimum atomic E-state index is -0.708. The van der Waals surface area contributed by atoms with E-state index < -0.39 is 12.2 Å². The fourth-order valence-corrected chi connectivity index (χ4v) is 0.606. The summed E-state index contributed by atoms with van der Waals surface area (Å²) in [6.07, 6.45) is 2.35. The third-order valence-corrected chi connectivity index (χ3v) is 1.14. The molecule has 0 unspecified atom stereocenters. The highest BCUT2D eigenvalue weighted by Gasteiger charge is 2.12. The maximum Gasteiger partial charge on any atom is 0.106 e. The van der Waals surface area contributed by atoms with Gasteiger partial charge in [-0.15, -0.1) is 5.73 Å². The van der Waals surface area contributed by atoms with Crippen molar-refractivity contribution in [1.29, 1.82) is 0 Å². The predicted molar refractivity (Wildman–Crippen MR) is 29.3 cm³/mol. The van der Waals surface area contributed by atoms with Crippen molar-refractivity contribution in [3.05, 3.63) is 17.9 Å². The first-order valence-electron chi connectivity index (χ1n) is 2.58. The molecule has 1 aliphatic rings. The number of aliphatic hydroxyl groups excluding tert-OH is 2. The number of hydrogen-bond donors (Lipinski definition) is 2. The Morgan fingerprint density at radius 3 is 2.62 bits per heavy atom. The van der Waals surface area contributed by atoms with Gasteiger partial charge in [0, 0.05) is 6.42 Å². The lowest BCUT2D eigenvalue weighted by atomic mass is 10.1. The van der Waals surface area contributed by atoms with Crippen LogP contribution in [-0.2, 0) is 0 Å². The van der Waals surface area contributed by atoms with Gasteiger partial charge in [0.2, 0.25) is 0 Å². The van der Waals surface area contributed by atoms with E-state index in [1.54, 1.807) is 6.08 Å². The molecule has 1 rings (SSSR count). The van der Waals surface area contributed by atoms with Gasteiger partial charge in [0.05, 0.1) is 6.10 Å². The lowest BCUT2D eigenvalue weighted by Crippen LogP contribution is -2.23. The first-order valence-corrected chi connectivity index (χ1v) is 2.58. The second kappa shape index (κ2) is 2.14. The first kappa shape index (κ1) is 5.57. The van der Waals surface area contributed by atoms with Gasteiger partial charge < -0.3 is 10.2 Å². The highest BCUT2D eigenvalue weighted by atomic mass is 16.3. The molecule has 0 aromatic rings. The molecule has 2 atom stereocenters. The van der Waals surface area contributed by atoms with Crippen molar-refractivity contribution in [3.8, 4) is 0 Å². The minimum absolute atomic E-state index is 0.512. The molecule has 0 spiro atoms. The molecular formula is C6H8O2. The van der Waals surface area contributed by atoms with Crippen LogP contribution in [-0.4, -0.2) is 22.4 Å². The summed E-state index contributed by atoms with van der Waals surface area (Å²) in [4.78, 5) is 0. The van der Waals surface area contributed by atoms with Crippen LogP contribution in [0.1, 0.15) is 6.42 Å². The Hall–Kier alpha value is -0.560. The summed E-state index contributed by atoms with van der Waals surface area (Å²) >= 11 is 0. The third kappa shape index (κ3) is 0.984. The van der Waals surface area contributed by atoms with E-state index in [-0.39, 0.29) is 0 Å². The average molecular weight is 112 g/mol. The van der Waals surface area contributed by atoms with E-state index in [0.29, 0.717) is 6.42 Å². The van der Waals surface area contributed by atoms with Gasteiger partial charge in [-0.25, -0.2) is 0 Å². The fourth-order valence-electron chi connectivity index (χ4n) is 0.606. The van der Waals surface area contributed by atoms with Crippen molar-refractivity contribution < 1.29 is 10.2 Å².